The van der Waals surface area contributed by atoms with Gasteiger partial charge in [-0.1, -0.05) is 19.4 Å². The molecule has 0 aromatic heterocycles. The smallest absolute Gasteiger partial charge is 0.269 e. The first-order valence-electron chi connectivity index (χ1n) is 6.41. The summed E-state index contributed by atoms with van der Waals surface area (Å²) < 4.78 is 0. The molecule has 5 heteroatoms. The second-order valence-corrected chi connectivity index (χ2v) is 4.55. The molecule has 5 nitrogen and oxygen atoms in total. The first-order valence-corrected chi connectivity index (χ1v) is 6.41. The summed E-state index contributed by atoms with van der Waals surface area (Å²) in [7, 11) is 3.81. The molecule has 0 saturated carbocycles. The maximum Gasteiger partial charge on any atom is 0.269 e. The molecule has 1 rings (SSSR count). The molecule has 0 atom stereocenters. The molecule has 2 amide bonds. The molecular weight excluding hydrogens is 242 g/mol. The minimum Gasteiger partial charge on any atom is -0.378 e. The van der Waals surface area contributed by atoms with E-state index in [-0.39, 0.29) is 11.8 Å². The Hall–Kier alpha value is -2.04. The van der Waals surface area contributed by atoms with E-state index in [9.17, 15) is 9.59 Å². The average Bonchev–Trinajstić information content (AvgIpc) is 2.42. The van der Waals surface area contributed by atoms with Gasteiger partial charge in [-0.15, -0.1) is 0 Å². The van der Waals surface area contributed by atoms with Crippen molar-refractivity contribution in [1.82, 2.24) is 10.9 Å². The van der Waals surface area contributed by atoms with Crippen LogP contribution in [0.3, 0.4) is 0 Å². The number of hydrogen-bond donors (Lipinski definition) is 2. The lowest BCUT2D eigenvalue weighted by Gasteiger charge is -2.13. The Bertz CT molecular complexity index is 444. The normalized spacial score (nSPS) is 9.84. The highest BCUT2D eigenvalue weighted by Gasteiger charge is 2.08. The first kappa shape index (κ1) is 15.0. The fourth-order valence-electron chi connectivity index (χ4n) is 1.52. The lowest BCUT2D eigenvalue weighted by Crippen LogP contribution is -2.41. The molecule has 0 aliphatic rings. The van der Waals surface area contributed by atoms with Gasteiger partial charge in [0.1, 0.15) is 0 Å². The van der Waals surface area contributed by atoms with E-state index in [0.29, 0.717) is 12.0 Å². The number of hydrogen-bond acceptors (Lipinski definition) is 3. The van der Waals surface area contributed by atoms with Crippen molar-refractivity contribution in [3.05, 3.63) is 29.8 Å². The molecule has 1 aromatic rings. The summed E-state index contributed by atoms with van der Waals surface area (Å²) in [4.78, 5) is 25.1. The van der Waals surface area contributed by atoms with Crippen molar-refractivity contribution in [2.75, 3.05) is 19.0 Å². The molecule has 0 saturated heterocycles. The van der Waals surface area contributed by atoms with Gasteiger partial charge in [0.25, 0.3) is 5.91 Å². The molecule has 0 aliphatic carbocycles. The van der Waals surface area contributed by atoms with E-state index in [1.165, 1.54) is 0 Å². The molecule has 0 bridgehead atoms. The summed E-state index contributed by atoms with van der Waals surface area (Å²) in [5, 5.41) is 0. The number of nitrogens with one attached hydrogen (secondary N) is 2. The highest BCUT2D eigenvalue weighted by Crippen LogP contribution is 2.12. The number of anilines is 1. The van der Waals surface area contributed by atoms with Gasteiger partial charge in [-0.2, -0.15) is 0 Å². The quantitative estimate of drug-likeness (QED) is 0.795. The van der Waals surface area contributed by atoms with Crippen LogP contribution in [0.15, 0.2) is 24.3 Å². The van der Waals surface area contributed by atoms with Crippen LogP contribution >= 0.6 is 0 Å². The third kappa shape index (κ3) is 4.99. The summed E-state index contributed by atoms with van der Waals surface area (Å²) in [6.07, 6.45) is 2.19. The molecule has 0 spiro atoms. The van der Waals surface area contributed by atoms with Crippen LogP contribution in [-0.4, -0.2) is 25.9 Å². The number of nitrogens with zero attached hydrogens (tertiary/aromatic N) is 1. The van der Waals surface area contributed by atoms with Crippen LogP contribution < -0.4 is 15.8 Å². The fraction of sp³-hybridized carbons (Fsp3) is 0.429. The van der Waals surface area contributed by atoms with E-state index < -0.39 is 0 Å². The predicted molar refractivity (Wildman–Crippen MR) is 75.9 cm³/mol. The lowest BCUT2D eigenvalue weighted by atomic mass is 10.2. The average molecular weight is 263 g/mol. The van der Waals surface area contributed by atoms with Gasteiger partial charge in [0.2, 0.25) is 5.91 Å². The number of carbonyl (C=O) groups is 2. The molecular formula is C14H21N3O2. The van der Waals surface area contributed by atoms with Crippen LogP contribution in [-0.2, 0) is 4.79 Å². The SMILES string of the molecule is CCCCC(=O)NNC(=O)c1cccc(N(C)C)c1. The van der Waals surface area contributed by atoms with Gasteiger partial charge in [-0.25, -0.2) is 0 Å². The highest BCUT2D eigenvalue weighted by atomic mass is 16.2. The fourth-order valence-corrected chi connectivity index (χ4v) is 1.52. The third-order valence-corrected chi connectivity index (χ3v) is 2.70. The van der Waals surface area contributed by atoms with Gasteiger partial charge in [-0.3, -0.25) is 20.4 Å². The topological polar surface area (TPSA) is 61.4 Å². The van der Waals surface area contributed by atoms with E-state index in [0.717, 1.165) is 18.5 Å². The lowest BCUT2D eigenvalue weighted by molar-refractivity contribution is -0.121. The van der Waals surface area contributed by atoms with Crippen molar-refractivity contribution in [3.63, 3.8) is 0 Å². The monoisotopic (exact) mass is 263 g/mol. The Balaban J connectivity index is 2.54. The molecule has 104 valence electrons. The molecule has 0 heterocycles. The maximum absolute atomic E-state index is 11.9. The second kappa shape index (κ2) is 7.41. The second-order valence-electron chi connectivity index (χ2n) is 4.55. The number of rotatable bonds is 5. The number of amides is 2. The summed E-state index contributed by atoms with van der Waals surface area (Å²) in [5.74, 6) is -0.479. The van der Waals surface area contributed by atoms with Gasteiger partial charge >= 0.3 is 0 Å². The molecule has 0 aliphatic heterocycles. The van der Waals surface area contributed by atoms with Crippen LogP contribution in [0.2, 0.25) is 0 Å². The van der Waals surface area contributed by atoms with Gasteiger partial charge < -0.3 is 4.90 Å². The molecule has 0 unspecified atom stereocenters. The molecule has 1 aromatic carbocycles. The van der Waals surface area contributed by atoms with E-state index in [1.807, 2.05) is 38.1 Å². The summed E-state index contributed by atoms with van der Waals surface area (Å²) in [6.45, 7) is 2.01. The molecule has 2 N–H and O–H groups in total. The Labute approximate surface area is 114 Å². The molecule has 0 fully saturated rings. The zero-order valence-electron chi connectivity index (χ0n) is 11.7. The summed E-state index contributed by atoms with van der Waals surface area (Å²) in [6, 6.07) is 7.20. The Morgan fingerprint density at radius 2 is 1.95 bits per heavy atom. The van der Waals surface area contributed by atoms with Crippen LogP contribution in [0.5, 0.6) is 0 Å². The van der Waals surface area contributed by atoms with E-state index in [1.54, 1.807) is 12.1 Å². The van der Waals surface area contributed by atoms with Crippen molar-refractivity contribution in [3.8, 4) is 0 Å². The summed E-state index contributed by atoms with van der Waals surface area (Å²) in [5.41, 5.74) is 6.28. The van der Waals surface area contributed by atoms with Crippen molar-refractivity contribution in [2.45, 2.75) is 26.2 Å². The Morgan fingerprint density at radius 1 is 1.21 bits per heavy atom. The third-order valence-electron chi connectivity index (χ3n) is 2.70. The Morgan fingerprint density at radius 3 is 2.58 bits per heavy atom. The summed E-state index contributed by atoms with van der Waals surface area (Å²) >= 11 is 0. The van der Waals surface area contributed by atoms with Crippen molar-refractivity contribution in [2.24, 2.45) is 0 Å². The van der Waals surface area contributed by atoms with Crippen LogP contribution in [0.25, 0.3) is 0 Å². The first-order chi connectivity index (χ1) is 9.04. The number of unbranched alkanes of at least 4 members (excludes halogenated alkanes) is 1. The minimum absolute atomic E-state index is 0.168. The molecule has 19 heavy (non-hydrogen) atoms. The van der Waals surface area contributed by atoms with Crippen molar-refractivity contribution >= 4 is 17.5 Å². The van der Waals surface area contributed by atoms with Crippen molar-refractivity contribution < 1.29 is 9.59 Å². The van der Waals surface area contributed by atoms with Gasteiger partial charge in [0.15, 0.2) is 0 Å². The van der Waals surface area contributed by atoms with E-state index in [4.69, 9.17) is 0 Å². The zero-order valence-corrected chi connectivity index (χ0v) is 11.7. The van der Waals surface area contributed by atoms with E-state index >= 15 is 0 Å². The molecule has 0 radical (unpaired) electrons. The standard InChI is InChI=1S/C14H21N3O2/c1-4-5-9-13(18)15-16-14(19)11-7-6-8-12(10-11)17(2)3/h6-8,10H,4-5,9H2,1-3H3,(H,15,18)(H,16,19). The van der Waals surface area contributed by atoms with Gasteiger partial charge in [-0.05, 0) is 24.6 Å². The van der Waals surface area contributed by atoms with Crippen LogP contribution in [0, 0.1) is 0 Å². The minimum atomic E-state index is -0.312. The zero-order chi connectivity index (χ0) is 14.3. The van der Waals surface area contributed by atoms with E-state index in [2.05, 4.69) is 10.9 Å². The number of carbonyl (C=O) groups excluding carboxylic acids is 2. The van der Waals surface area contributed by atoms with Crippen LogP contribution in [0.1, 0.15) is 36.5 Å². The largest absolute Gasteiger partial charge is 0.378 e. The van der Waals surface area contributed by atoms with Crippen LogP contribution in [0.4, 0.5) is 5.69 Å². The number of hydrazine groups is 1. The van der Waals surface area contributed by atoms with Gasteiger partial charge in [0.05, 0.1) is 0 Å². The maximum atomic E-state index is 11.9. The highest BCUT2D eigenvalue weighted by molar-refractivity contribution is 5.96. The van der Waals surface area contributed by atoms with Gasteiger partial charge in [0, 0.05) is 31.8 Å². The Kier molecular flexibility index (Phi) is 5.85. The predicted octanol–water partition coefficient (Wildman–Crippen LogP) is 1.70. The number of benzene rings is 1. The van der Waals surface area contributed by atoms with Crippen molar-refractivity contribution in [1.29, 1.82) is 0 Å².